The summed E-state index contributed by atoms with van der Waals surface area (Å²) in [6.45, 7) is 1.29. The fraction of sp³-hybridized carbons (Fsp3) is 0.500. The highest BCUT2D eigenvalue weighted by atomic mass is 16.5. The van der Waals surface area contributed by atoms with E-state index in [9.17, 15) is 9.90 Å². The van der Waals surface area contributed by atoms with Gasteiger partial charge in [0.05, 0.1) is 24.4 Å². The first-order chi connectivity index (χ1) is 11.8. The molecule has 0 spiro atoms. The van der Waals surface area contributed by atoms with Crippen molar-refractivity contribution in [2.24, 2.45) is 5.92 Å². The van der Waals surface area contributed by atoms with Crippen LogP contribution in [0.1, 0.15) is 23.2 Å². The van der Waals surface area contributed by atoms with Gasteiger partial charge in [-0.1, -0.05) is 0 Å². The van der Waals surface area contributed by atoms with Crippen LogP contribution < -0.4 is 0 Å². The maximum atomic E-state index is 12.9. The molecule has 1 aromatic heterocycles. The molecule has 1 unspecified atom stereocenters. The Hall–Kier alpha value is -2.32. The van der Waals surface area contributed by atoms with Gasteiger partial charge < -0.3 is 14.7 Å². The van der Waals surface area contributed by atoms with E-state index in [4.69, 9.17) is 4.74 Å². The average molecular weight is 329 g/mol. The molecule has 8 heteroatoms. The number of carbonyl (C=O) groups excluding carboxylic acids is 1. The fourth-order valence-corrected chi connectivity index (χ4v) is 3.65. The summed E-state index contributed by atoms with van der Waals surface area (Å²) < 4.78 is 7.33. The van der Waals surface area contributed by atoms with Gasteiger partial charge in [-0.05, 0) is 53.5 Å². The number of fused-ring (bicyclic) bond motifs is 1. The number of amides is 1. The molecule has 1 saturated carbocycles. The Kier molecular flexibility index (Phi) is 3.99. The van der Waals surface area contributed by atoms with Crippen molar-refractivity contribution in [3.8, 4) is 5.69 Å². The summed E-state index contributed by atoms with van der Waals surface area (Å²) in [6.07, 6.45) is 3.18. The van der Waals surface area contributed by atoms with Crippen LogP contribution >= 0.6 is 0 Å². The van der Waals surface area contributed by atoms with Gasteiger partial charge in [0.15, 0.2) is 0 Å². The van der Waals surface area contributed by atoms with E-state index in [1.54, 1.807) is 16.8 Å². The quantitative estimate of drug-likeness (QED) is 0.869. The molecule has 1 amide bonds. The minimum atomic E-state index is 0.00940. The van der Waals surface area contributed by atoms with E-state index in [-0.39, 0.29) is 30.6 Å². The summed E-state index contributed by atoms with van der Waals surface area (Å²) in [4.78, 5) is 14.8. The van der Waals surface area contributed by atoms with Gasteiger partial charge in [-0.25, -0.2) is 4.68 Å². The molecule has 1 N–H and O–H groups in total. The third-order valence-corrected chi connectivity index (χ3v) is 4.88. The second kappa shape index (κ2) is 6.29. The minimum Gasteiger partial charge on any atom is -0.396 e. The molecule has 126 valence electrons. The van der Waals surface area contributed by atoms with Crippen molar-refractivity contribution in [2.45, 2.75) is 25.0 Å². The number of hydrogen-bond donors (Lipinski definition) is 1. The zero-order valence-electron chi connectivity index (χ0n) is 13.2. The second-order valence-electron chi connectivity index (χ2n) is 6.30. The van der Waals surface area contributed by atoms with Crippen LogP contribution in [0, 0.1) is 5.92 Å². The highest BCUT2D eigenvalue weighted by molar-refractivity contribution is 5.94. The van der Waals surface area contributed by atoms with Gasteiger partial charge in [-0.2, -0.15) is 0 Å². The largest absolute Gasteiger partial charge is 0.396 e. The molecule has 2 fully saturated rings. The van der Waals surface area contributed by atoms with Gasteiger partial charge in [0, 0.05) is 18.7 Å². The normalized spacial score (nSPS) is 26.4. The van der Waals surface area contributed by atoms with Gasteiger partial charge in [-0.15, -0.1) is 5.10 Å². The molecule has 8 nitrogen and oxygen atoms in total. The maximum absolute atomic E-state index is 12.9. The molecule has 2 aromatic rings. The molecule has 4 rings (SSSR count). The van der Waals surface area contributed by atoms with E-state index < -0.39 is 0 Å². The number of ether oxygens (including phenoxy) is 1. The van der Waals surface area contributed by atoms with Gasteiger partial charge in [0.2, 0.25) is 0 Å². The third-order valence-electron chi connectivity index (χ3n) is 4.88. The van der Waals surface area contributed by atoms with Crippen LogP contribution in [-0.4, -0.2) is 68.0 Å². The number of tetrazole rings is 1. The maximum Gasteiger partial charge on any atom is 0.254 e. The smallest absolute Gasteiger partial charge is 0.254 e. The number of aromatic nitrogens is 4. The van der Waals surface area contributed by atoms with Crippen molar-refractivity contribution in [2.75, 3.05) is 19.8 Å². The lowest BCUT2D eigenvalue weighted by Gasteiger charge is -2.37. The topological polar surface area (TPSA) is 93.4 Å². The molecule has 0 radical (unpaired) electrons. The summed E-state index contributed by atoms with van der Waals surface area (Å²) >= 11 is 0. The van der Waals surface area contributed by atoms with Crippen molar-refractivity contribution in [3.05, 3.63) is 36.2 Å². The van der Waals surface area contributed by atoms with Gasteiger partial charge in [0.1, 0.15) is 6.33 Å². The second-order valence-corrected chi connectivity index (χ2v) is 6.30. The highest BCUT2D eigenvalue weighted by Crippen LogP contribution is 2.34. The van der Waals surface area contributed by atoms with Crippen LogP contribution in [-0.2, 0) is 4.74 Å². The van der Waals surface area contributed by atoms with Crippen molar-refractivity contribution in [1.29, 1.82) is 0 Å². The summed E-state index contributed by atoms with van der Waals surface area (Å²) in [6, 6.07) is 7.30. The summed E-state index contributed by atoms with van der Waals surface area (Å²) in [5, 5.41) is 20.4. The number of aliphatic hydroxyl groups excluding tert-OH is 1. The molecule has 24 heavy (non-hydrogen) atoms. The number of rotatable bonds is 3. The molecule has 1 saturated heterocycles. The van der Waals surface area contributed by atoms with Crippen LogP contribution in [0.15, 0.2) is 30.6 Å². The van der Waals surface area contributed by atoms with Crippen LogP contribution in [0.2, 0.25) is 0 Å². The number of carbonyl (C=O) groups is 1. The molecule has 1 aromatic carbocycles. The predicted octanol–water partition coefficient (Wildman–Crippen LogP) is 0.274. The van der Waals surface area contributed by atoms with Gasteiger partial charge in [-0.3, -0.25) is 4.79 Å². The SMILES string of the molecule is O=C(c1ccc(-n2cnnn2)cc1)N1CCOC2C[C@H](CO)C[C@@H]21. The monoisotopic (exact) mass is 329 g/mol. The van der Waals surface area contributed by atoms with E-state index >= 15 is 0 Å². The number of morpholine rings is 1. The zero-order chi connectivity index (χ0) is 16.5. The van der Waals surface area contributed by atoms with Gasteiger partial charge in [0.25, 0.3) is 5.91 Å². The number of benzene rings is 1. The molecular formula is C16H19N5O3. The Morgan fingerprint density at radius 2 is 2.12 bits per heavy atom. The lowest BCUT2D eigenvalue weighted by atomic mass is 10.1. The van der Waals surface area contributed by atoms with E-state index in [1.807, 2.05) is 17.0 Å². The predicted molar refractivity (Wildman–Crippen MR) is 83.5 cm³/mol. The molecule has 2 aliphatic rings. The van der Waals surface area contributed by atoms with E-state index in [0.717, 1.165) is 18.5 Å². The Labute approximate surface area is 139 Å². The summed E-state index contributed by atoms with van der Waals surface area (Å²) in [7, 11) is 0. The molecule has 1 aliphatic carbocycles. The molecule has 3 atom stereocenters. The Bertz CT molecular complexity index is 703. The Morgan fingerprint density at radius 1 is 1.29 bits per heavy atom. The van der Waals surface area contributed by atoms with Crippen LogP contribution in [0.25, 0.3) is 5.69 Å². The van der Waals surface area contributed by atoms with Crippen LogP contribution in [0.3, 0.4) is 0 Å². The lowest BCUT2D eigenvalue weighted by molar-refractivity contribution is -0.0448. The lowest BCUT2D eigenvalue weighted by Crippen LogP contribution is -2.51. The minimum absolute atomic E-state index is 0.00940. The number of aliphatic hydroxyl groups is 1. The van der Waals surface area contributed by atoms with Crippen molar-refractivity contribution in [1.82, 2.24) is 25.1 Å². The number of hydrogen-bond acceptors (Lipinski definition) is 6. The van der Waals surface area contributed by atoms with E-state index in [1.165, 1.54) is 6.33 Å². The van der Waals surface area contributed by atoms with Crippen molar-refractivity contribution < 1.29 is 14.6 Å². The number of nitrogens with zero attached hydrogens (tertiary/aromatic N) is 5. The molecule has 0 bridgehead atoms. The zero-order valence-corrected chi connectivity index (χ0v) is 13.2. The summed E-state index contributed by atoms with van der Waals surface area (Å²) in [5.41, 5.74) is 1.44. The van der Waals surface area contributed by atoms with Crippen LogP contribution in [0.4, 0.5) is 0 Å². The fourth-order valence-electron chi connectivity index (χ4n) is 3.65. The van der Waals surface area contributed by atoms with Crippen molar-refractivity contribution in [3.63, 3.8) is 0 Å². The average Bonchev–Trinajstić information content (AvgIpc) is 3.30. The Morgan fingerprint density at radius 3 is 2.83 bits per heavy atom. The van der Waals surface area contributed by atoms with Crippen molar-refractivity contribution >= 4 is 5.91 Å². The van der Waals surface area contributed by atoms with Crippen LogP contribution in [0.5, 0.6) is 0 Å². The molecular weight excluding hydrogens is 310 g/mol. The first-order valence-corrected chi connectivity index (χ1v) is 8.13. The van der Waals surface area contributed by atoms with Gasteiger partial charge >= 0.3 is 0 Å². The standard InChI is InChI=1S/C16H19N5O3/c22-9-11-7-14-15(8-11)24-6-5-20(14)16(23)12-1-3-13(4-2-12)21-10-17-18-19-21/h1-4,10-11,14-15,22H,5-9H2/t11-,14+,15?/m1/s1. The molecule has 1 aliphatic heterocycles. The highest BCUT2D eigenvalue weighted by Gasteiger charge is 2.42. The first kappa shape index (κ1) is 15.2. The van der Waals surface area contributed by atoms with E-state index in [2.05, 4.69) is 15.5 Å². The third kappa shape index (κ3) is 2.67. The Balaban J connectivity index is 1.52. The first-order valence-electron chi connectivity index (χ1n) is 8.13. The van der Waals surface area contributed by atoms with E-state index in [0.29, 0.717) is 18.7 Å². The summed E-state index contributed by atoms with van der Waals surface area (Å²) in [5.74, 6) is 0.228. The molecule has 2 heterocycles.